The van der Waals surface area contributed by atoms with E-state index in [9.17, 15) is 9.59 Å². The molecule has 0 amide bonds. The molecule has 0 aliphatic rings. The molecule has 0 fully saturated rings. The van der Waals surface area contributed by atoms with Crippen LogP contribution in [0.3, 0.4) is 0 Å². The number of thiazole rings is 1. The standard InChI is InChI=1S/C23H19FN2O3S/c1-3-26-12-17(23(28)29-4-2)21(27)16-10-18(24)15(11-20(16)26)22-25-19(13-30-22)14-8-6-5-7-9-14/h5-13H,3-4H2,1-2H3. The number of hydrogen-bond acceptors (Lipinski definition) is 5. The molecule has 0 N–H and O–H groups in total. The van der Waals surface area contributed by atoms with Crippen LogP contribution in [-0.4, -0.2) is 22.1 Å². The lowest BCUT2D eigenvalue weighted by Crippen LogP contribution is -2.21. The predicted octanol–water partition coefficient (Wildman–Crippen LogP) is 5.13. The molecule has 7 heteroatoms. The highest BCUT2D eigenvalue weighted by Gasteiger charge is 2.19. The Balaban J connectivity index is 1.87. The summed E-state index contributed by atoms with van der Waals surface area (Å²) in [5, 5.41) is 2.55. The van der Waals surface area contributed by atoms with Crippen LogP contribution in [0, 0.1) is 5.82 Å². The zero-order valence-electron chi connectivity index (χ0n) is 16.5. The molecule has 2 aromatic carbocycles. The number of aromatic nitrogens is 2. The molecule has 0 bridgehead atoms. The number of halogens is 1. The van der Waals surface area contributed by atoms with Crippen molar-refractivity contribution in [3.63, 3.8) is 0 Å². The van der Waals surface area contributed by atoms with E-state index >= 15 is 4.39 Å². The van der Waals surface area contributed by atoms with Gasteiger partial charge in [-0.05, 0) is 26.0 Å². The number of carbonyl (C=O) groups excluding carboxylic acids is 1. The maximum absolute atomic E-state index is 15.0. The average molecular weight is 422 g/mol. The Bertz CT molecular complexity index is 1300. The summed E-state index contributed by atoms with van der Waals surface area (Å²) in [6, 6.07) is 12.5. The van der Waals surface area contributed by atoms with Crippen molar-refractivity contribution in [2.45, 2.75) is 20.4 Å². The maximum Gasteiger partial charge on any atom is 0.343 e. The number of esters is 1. The number of benzene rings is 2. The lowest BCUT2D eigenvalue weighted by Gasteiger charge is -2.12. The Morgan fingerprint density at radius 3 is 2.67 bits per heavy atom. The smallest absolute Gasteiger partial charge is 0.343 e. The molecule has 0 spiro atoms. The number of hydrogen-bond donors (Lipinski definition) is 0. The normalized spacial score (nSPS) is 11.0. The SMILES string of the molecule is CCOC(=O)c1cn(CC)c2cc(-c3nc(-c4ccccc4)cs3)c(F)cc2c1=O. The zero-order chi connectivity index (χ0) is 21.3. The number of pyridine rings is 1. The zero-order valence-corrected chi connectivity index (χ0v) is 17.3. The van der Waals surface area contributed by atoms with Gasteiger partial charge in [-0.15, -0.1) is 11.3 Å². The molecule has 0 unspecified atom stereocenters. The van der Waals surface area contributed by atoms with Crippen molar-refractivity contribution in [1.82, 2.24) is 9.55 Å². The van der Waals surface area contributed by atoms with Gasteiger partial charge in [-0.2, -0.15) is 0 Å². The van der Waals surface area contributed by atoms with Crippen molar-refractivity contribution in [1.29, 1.82) is 0 Å². The van der Waals surface area contributed by atoms with Crippen LogP contribution in [0.5, 0.6) is 0 Å². The fraction of sp³-hybridized carbons (Fsp3) is 0.174. The third-order valence-corrected chi connectivity index (χ3v) is 5.68. The minimum Gasteiger partial charge on any atom is -0.462 e. The van der Waals surface area contributed by atoms with Crippen LogP contribution >= 0.6 is 11.3 Å². The van der Waals surface area contributed by atoms with E-state index in [1.807, 2.05) is 42.6 Å². The minimum absolute atomic E-state index is 0.0982. The topological polar surface area (TPSA) is 61.2 Å². The number of ether oxygens (including phenoxy) is 1. The molecule has 5 nitrogen and oxygen atoms in total. The summed E-state index contributed by atoms with van der Waals surface area (Å²) in [4.78, 5) is 29.5. The quantitative estimate of drug-likeness (QED) is 0.419. The molecule has 30 heavy (non-hydrogen) atoms. The average Bonchev–Trinajstić information content (AvgIpc) is 3.25. The van der Waals surface area contributed by atoms with Crippen molar-refractivity contribution in [2.24, 2.45) is 0 Å². The van der Waals surface area contributed by atoms with Crippen molar-refractivity contribution >= 4 is 28.2 Å². The molecule has 0 saturated carbocycles. The molecular weight excluding hydrogens is 403 g/mol. The van der Waals surface area contributed by atoms with Gasteiger partial charge < -0.3 is 9.30 Å². The lowest BCUT2D eigenvalue weighted by atomic mass is 10.1. The minimum atomic E-state index is -0.705. The second kappa shape index (κ2) is 8.20. The van der Waals surface area contributed by atoms with Crippen LogP contribution < -0.4 is 5.43 Å². The first-order chi connectivity index (χ1) is 14.5. The summed E-state index contributed by atoms with van der Waals surface area (Å²) in [6.07, 6.45) is 1.47. The molecular formula is C23H19FN2O3S. The second-order valence-electron chi connectivity index (χ2n) is 6.63. The molecule has 0 radical (unpaired) electrons. The Morgan fingerprint density at radius 2 is 1.97 bits per heavy atom. The van der Waals surface area contributed by atoms with Gasteiger partial charge >= 0.3 is 5.97 Å². The van der Waals surface area contributed by atoms with Crippen LogP contribution in [0.1, 0.15) is 24.2 Å². The highest BCUT2D eigenvalue weighted by atomic mass is 32.1. The monoisotopic (exact) mass is 422 g/mol. The van der Waals surface area contributed by atoms with Crippen LogP contribution in [0.4, 0.5) is 4.39 Å². The van der Waals surface area contributed by atoms with E-state index < -0.39 is 17.2 Å². The van der Waals surface area contributed by atoms with E-state index in [1.54, 1.807) is 17.6 Å². The summed E-state index contributed by atoms with van der Waals surface area (Å²) < 4.78 is 21.7. The number of nitrogens with zero attached hydrogens (tertiary/aromatic N) is 2. The first kappa shape index (κ1) is 20.0. The Morgan fingerprint density at radius 1 is 1.20 bits per heavy atom. The van der Waals surface area contributed by atoms with Gasteiger partial charge in [-0.25, -0.2) is 14.2 Å². The first-order valence-electron chi connectivity index (χ1n) is 9.58. The molecule has 4 rings (SSSR count). The summed E-state index contributed by atoms with van der Waals surface area (Å²) in [5.41, 5.74) is 1.94. The largest absolute Gasteiger partial charge is 0.462 e. The Labute approximate surface area is 176 Å². The van der Waals surface area contributed by atoms with Gasteiger partial charge in [0.1, 0.15) is 16.4 Å². The van der Waals surface area contributed by atoms with Gasteiger partial charge in [0, 0.05) is 34.6 Å². The summed E-state index contributed by atoms with van der Waals surface area (Å²) in [7, 11) is 0. The molecule has 0 saturated heterocycles. The van der Waals surface area contributed by atoms with Gasteiger partial charge in [0.15, 0.2) is 0 Å². The molecule has 152 valence electrons. The Hall–Kier alpha value is -3.32. The van der Waals surface area contributed by atoms with Gasteiger partial charge in [0.05, 0.1) is 17.8 Å². The van der Waals surface area contributed by atoms with Gasteiger partial charge in [0.2, 0.25) is 5.43 Å². The van der Waals surface area contributed by atoms with E-state index in [-0.39, 0.29) is 17.6 Å². The summed E-state index contributed by atoms with van der Waals surface area (Å²) in [5.74, 6) is -1.26. The van der Waals surface area contributed by atoms with Crippen molar-refractivity contribution in [2.75, 3.05) is 6.61 Å². The highest BCUT2D eigenvalue weighted by Crippen LogP contribution is 2.32. The van der Waals surface area contributed by atoms with Crippen LogP contribution in [0.2, 0.25) is 0 Å². The third-order valence-electron chi connectivity index (χ3n) is 4.81. The summed E-state index contributed by atoms with van der Waals surface area (Å²) in [6.45, 7) is 4.21. The first-order valence-corrected chi connectivity index (χ1v) is 10.5. The third kappa shape index (κ3) is 3.52. The van der Waals surface area contributed by atoms with Gasteiger partial charge in [-0.1, -0.05) is 30.3 Å². The maximum atomic E-state index is 15.0. The van der Waals surface area contributed by atoms with Crippen LogP contribution in [0.25, 0.3) is 32.7 Å². The van der Waals surface area contributed by atoms with Crippen LogP contribution in [0.15, 0.2) is 58.8 Å². The molecule has 2 aromatic heterocycles. The number of fused-ring (bicyclic) bond motifs is 1. The van der Waals surface area contributed by atoms with E-state index in [0.717, 1.165) is 11.3 Å². The van der Waals surface area contributed by atoms with Gasteiger partial charge in [-0.3, -0.25) is 4.79 Å². The number of rotatable bonds is 5. The second-order valence-corrected chi connectivity index (χ2v) is 7.49. The van der Waals surface area contributed by atoms with Crippen molar-refractivity contribution < 1.29 is 13.9 Å². The van der Waals surface area contributed by atoms with Gasteiger partial charge in [0.25, 0.3) is 0 Å². The molecule has 0 aliphatic heterocycles. The number of carbonyl (C=O) groups is 1. The van der Waals surface area contributed by atoms with E-state index in [1.165, 1.54) is 23.6 Å². The molecule has 2 heterocycles. The predicted molar refractivity (Wildman–Crippen MR) is 116 cm³/mol. The fourth-order valence-corrected chi connectivity index (χ4v) is 4.18. The Kier molecular flexibility index (Phi) is 5.46. The summed E-state index contributed by atoms with van der Waals surface area (Å²) >= 11 is 1.34. The van der Waals surface area contributed by atoms with Crippen molar-refractivity contribution in [3.05, 3.63) is 75.6 Å². The van der Waals surface area contributed by atoms with Crippen molar-refractivity contribution in [3.8, 4) is 21.8 Å². The fourth-order valence-electron chi connectivity index (χ4n) is 3.33. The van der Waals surface area contributed by atoms with Crippen LogP contribution in [-0.2, 0) is 11.3 Å². The van der Waals surface area contributed by atoms with E-state index in [2.05, 4.69) is 4.98 Å². The number of aryl methyl sites for hydroxylation is 1. The van der Waals surface area contributed by atoms with E-state index in [4.69, 9.17) is 4.74 Å². The van der Waals surface area contributed by atoms with E-state index in [0.29, 0.717) is 22.6 Å². The molecule has 4 aromatic rings. The molecule has 0 aliphatic carbocycles. The molecule has 0 atom stereocenters. The highest BCUT2D eigenvalue weighted by molar-refractivity contribution is 7.13. The lowest BCUT2D eigenvalue weighted by molar-refractivity contribution is 0.0524.